The highest BCUT2D eigenvalue weighted by molar-refractivity contribution is 9.10. The van der Waals surface area contributed by atoms with Crippen LogP contribution in [0.1, 0.15) is 51.0 Å². The van der Waals surface area contributed by atoms with Gasteiger partial charge in [0.05, 0.1) is 0 Å². The zero-order valence-electron chi connectivity index (χ0n) is 16.0. The van der Waals surface area contributed by atoms with Crippen LogP contribution >= 0.6 is 15.9 Å². The van der Waals surface area contributed by atoms with Gasteiger partial charge in [-0.15, -0.1) is 0 Å². The first-order valence-corrected chi connectivity index (χ1v) is 10.8. The number of urea groups is 1. The van der Waals surface area contributed by atoms with E-state index in [9.17, 15) is 9.59 Å². The predicted molar refractivity (Wildman–Crippen MR) is 109 cm³/mol. The highest BCUT2D eigenvalue weighted by Gasteiger charge is 2.52. The van der Waals surface area contributed by atoms with E-state index in [4.69, 9.17) is 0 Å². The van der Waals surface area contributed by atoms with Crippen LogP contribution in [-0.2, 0) is 10.2 Å². The van der Waals surface area contributed by atoms with Crippen molar-refractivity contribution in [2.75, 3.05) is 26.2 Å². The second-order valence-electron chi connectivity index (χ2n) is 8.59. The molecule has 0 aromatic heterocycles. The van der Waals surface area contributed by atoms with E-state index in [1.165, 1.54) is 10.5 Å². The number of imide groups is 1. The Bertz CT molecular complexity index is 737. The fourth-order valence-electron chi connectivity index (χ4n) is 4.86. The van der Waals surface area contributed by atoms with Gasteiger partial charge < -0.3 is 10.2 Å². The first-order chi connectivity index (χ1) is 12.9. The summed E-state index contributed by atoms with van der Waals surface area (Å²) in [6, 6.07) is 8.42. The Morgan fingerprint density at radius 1 is 1.07 bits per heavy atom. The summed E-state index contributed by atoms with van der Waals surface area (Å²) in [6.45, 7) is 5.60. The molecule has 1 saturated carbocycles. The highest BCUT2D eigenvalue weighted by atomic mass is 79.9. The standard InChI is InChI=1S/C21H28BrN3O2/c1-20(16-5-4-6-17(22)15-16)9-11-24(12-10-20)13-14-25-18(26)21(23-19(25)27)7-2-3-8-21/h4-6,15H,2-3,7-14H2,1H3,(H,23,27). The molecule has 3 fully saturated rings. The number of hydrogen-bond acceptors (Lipinski definition) is 3. The summed E-state index contributed by atoms with van der Waals surface area (Å²) in [6.07, 6.45) is 5.83. The van der Waals surface area contributed by atoms with Crippen molar-refractivity contribution in [1.82, 2.24) is 15.1 Å². The molecule has 1 spiro atoms. The number of likely N-dealkylation sites (tertiary alicyclic amines) is 1. The fourth-order valence-corrected chi connectivity index (χ4v) is 5.26. The number of carbonyl (C=O) groups excluding carboxylic acids is 2. The number of hydrogen-bond donors (Lipinski definition) is 1. The molecule has 3 aliphatic rings. The molecule has 1 N–H and O–H groups in total. The molecule has 2 heterocycles. The van der Waals surface area contributed by atoms with Crippen molar-refractivity contribution >= 4 is 27.9 Å². The Hall–Kier alpha value is -1.40. The van der Waals surface area contributed by atoms with Gasteiger partial charge in [-0.25, -0.2) is 4.79 Å². The molecule has 1 aliphatic carbocycles. The molecule has 6 heteroatoms. The maximum atomic E-state index is 12.8. The summed E-state index contributed by atoms with van der Waals surface area (Å²) in [5.41, 5.74) is 0.988. The van der Waals surface area contributed by atoms with E-state index in [1.807, 2.05) is 0 Å². The molecule has 0 bridgehead atoms. The van der Waals surface area contributed by atoms with Gasteiger partial charge in [-0.1, -0.05) is 47.8 Å². The van der Waals surface area contributed by atoms with Gasteiger partial charge >= 0.3 is 6.03 Å². The average Bonchev–Trinajstić information content (AvgIpc) is 3.21. The van der Waals surface area contributed by atoms with Crippen molar-refractivity contribution in [3.8, 4) is 0 Å². The summed E-state index contributed by atoms with van der Waals surface area (Å²) < 4.78 is 1.13. The minimum absolute atomic E-state index is 0.000911. The third-order valence-electron chi connectivity index (χ3n) is 6.82. The molecule has 0 radical (unpaired) electrons. The Morgan fingerprint density at radius 3 is 2.44 bits per heavy atom. The van der Waals surface area contributed by atoms with Crippen molar-refractivity contribution in [1.29, 1.82) is 0 Å². The molecule has 0 unspecified atom stereocenters. The molecular formula is C21H28BrN3O2. The third-order valence-corrected chi connectivity index (χ3v) is 7.32. The molecular weight excluding hydrogens is 406 g/mol. The molecule has 27 heavy (non-hydrogen) atoms. The van der Waals surface area contributed by atoms with E-state index in [0.29, 0.717) is 6.54 Å². The Balaban J connectivity index is 1.32. The van der Waals surface area contributed by atoms with Crippen LogP contribution in [0, 0.1) is 0 Å². The van der Waals surface area contributed by atoms with Crippen LogP contribution in [0.25, 0.3) is 0 Å². The molecule has 4 rings (SSSR count). The molecule has 2 aliphatic heterocycles. The Morgan fingerprint density at radius 2 is 1.78 bits per heavy atom. The van der Waals surface area contributed by atoms with Crippen LogP contribution < -0.4 is 5.32 Å². The lowest BCUT2D eigenvalue weighted by Gasteiger charge is -2.40. The van der Waals surface area contributed by atoms with Crippen LogP contribution in [-0.4, -0.2) is 53.5 Å². The number of nitrogens with zero attached hydrogens (tertiary/aromatic N) is 2. The van der Waals surface area contributed by atoms with E-state index in [2.05, 4.69) is 57.3 Å². The topological polar surface area (TPSA) is 52.6 Å². The zero-order valence-corrected chi connectivity index (χ0v) is 17.6. The maximum absolute atomic E-state index is 12.8. The zero-order chi connectivity index (χ0) is 19.1. The van der Waals surface area contributed by atoms with E-state index in [1.54, 1.807) is 0 Å². The smallest absolute Gasteiger partial charge is 0.323 e. The minimum Gasteiger partial charge on any atom is -0.323 e. The average molecular weight is 434 g/mol. The second kappa shape index (κ2) is 7.21. The van der Waals surface area contributed by atoms with Crippen LogP contribution in [0.4, 0.5) is 4.79 Å². The highest BCUT2D eigenvalue weighted by Crippen LogP contribution is 2.37. The molecule has 146 valence electrons. The van der Waals surface area contributed by atoms with E-state index in [-0.39, 0.29) is 17.4 Å². The first-order valence-electron chi connectivity index (χ1n) is 10.0. The number of nitrogens with one attached hydrogen (secondary N) is 1. The number of rotatable bonds is 4. The van der Waals surface area contributed by atoms with E-state index < -0.39 is 5.54 Å². The van der Waals surface area contributed by atoms with Crippen LogP contribution in [0.15, 0.2) is 28.7 Å². The van der Waals surface area contributed by atoms with Crippen LogP contribution in [0.5, 0.6) is 0 Å². The predicted octanol–water partition coefficient (Wildman–Crippen LogP) is 3.67. The Kier molecular flexibility index (Phi) is 5.06. The summed E-state index contributed by atoms with van der Waals surface area (Å²) in [5, 5.41) is 2.97. The molecule has 1 aromatic rings. The molecule has 1 aromatic carbocycles. The van der Waals surface area contributed by atoms with Crippen molar-refractivity contribution < 1.29 is 9.59 Å². The number of halogens is 1. The first kappa shape index (κ1) is 18.9. The third kappa shape index (κ3) is 3.54. The lowest BCUT2D eigenvalue weighted by atomic mass is 9.74. The number of piperidine rings is 1. The fraction of sp³-hybridized carbons (Fsp3) is 0.619. The van der Waals surface area contributed by atoms with Gasteiger partial charge in [0.1, 0.15) is 5.54 Å². The van der Waals surface area contributed by atoms with E-state index >= 15 is 0 Å². The van der Waals surface area contributed by atoms with Gasteiger partial charge in [-0.05, 0) is 61.9 Å². The van der Waals surface area contributed by atoms with Crippen molar-refractivity contribution in [3.63, 3.8) is 0 Å². The van der Waals surface area contributed by atoms with Crippen LogP contribution in [0.2, 0.25) is 0 Å². The number of benzene rings is 1. The quantitative estimate of drug-likeness (QED) is 0.736. The van der Waals surface area contributed by atoms with Crippen molar-refractivity contribution in [2.45, 2.75) is 56.4 Å². The number of carbonyl (C=O) groups is 2. The molecule has 5 nitrogen and oxygen atoms in total. The van der Waals surface area contributed by atoms with Gasteiger partial charge in [0.25, 0.3) is 5.91 Å². The lowest BCUT2D eigenvalue weighted by Crippen LogP contribution is -2.46. The Labute approximate surface area is 169 Å². The minimum atomic E-state index is -0.585. The van der Waals surface area contributed by atoms with Gasteiger partial charge in [-0.3, -0.25) is 9.69 Å². The summed E-state index contributed by atoms with van der Waals surface area (Å²) in [7, 11) is 0. The SMILES string of the molecule is CC1(c2cccc(Br)c2)CCN(CCN2C(=O)NC3(CCCC3)C2=O)CC1. The van der Waals surface area contributed by atoms with E-state index in [0.717, 1.165) is 62.6 Å². The summed E-state index contributed by atoms with van der Waals surface area (Å²) in [5.74, 6) is 0.000911. The maximum Gasteiger partial charge on any atom is 0.325 e. The molecule has 3 amide bonds. The molecule has 0 atom stereocenters. The molecule has 2 saturated heterocycles. The summed E-state index contributed by atoms with van der Waals surface area (Å²) in [4.78, 5) is 28.9. The van der Waals surface area contributed by atoms with Crippen molar-refractivity contribution in [2.24, 2.45) is 0 Å². The van der Waals surface area contributed by atoms with Gasteiger partial charge in [0.2, 0.25) is 0 Å². The van der Waals surface area contributed by atoms with Gasteiger partial charge in [0.15, 0.2) is 0 Å². The number of amides is 3. The summed E-state index contributed by atoms with van der Waals surface area (Å²) >= 11 is 3.58. The lowest BCUT2D eigenvalue weighted by molar-refractivity contribution is -0.131. The van der Waals surface area contributed by atoms with Gasteiger partial charge in [0, 0.05) is 17.6 Å². The van der Waals surface area contributed by atoms with Crippen molar-refractivity contribution in [3.05, 3.63) is 34.3 Å². The van der Waals surface area contributed by atoms with Gasteiger partial charge in [-0.2, -0.15) is 0 Å². The monoisotopic (exact) mass is 433 g/mol. The normalized spacial score (nSPS) is 24.6. The second-order valence-corrected chi connectivity index (χ2v) is 9.50. The largest absolute Gasteiger partial charge is 0.325 e. The van der Waals surface area contributed by atoms with Crippen LogP contribution in [0.3, 0.4) is 0 Å².